The Labute approximate surface area is 99.2 Å². The summed E-state index contributed by atoms with van der Waals surface area (Å²) in [5, 5.41) is 9.30. The third kappa shape index (κ3) is 3.15. The third-order valence-electron chi connectivity index (χ3n) is 2.13. The summed E-state index contributed by atoms with van der Waals surface area (Å²) in [5.41, 5.74) is 2.14. The number of para-hydroxylation sites is 1. The zero-order valence-electron chi connectivity index (χ0n) is 9.31. The summed E-state index contributed by atoms with van der Waals surface area (Å²) < 4.78 is 0. The van der Waals surface area contributed by atoms with Gasteiger partial charge >= 0.3 is 0 Å². The van der Waals surface area contributed by atoms with Crippen LogP contribution in [0.4, 0.5) is 0 Å². The van der Waals surface area contributed by atoms with E-state index in [4.69, 9.17) is 5.84 Å². The van der Waals surface area contributed by atoms with Gasteiger partial charge in [0.05, 0.1) is 5.25 Å². The molecule has 4 N–H and O–H groups in total. The van der Waals surface area contributed by atoms with Crippen LogP contribution < -0.4 is 11.3 Å². The van der Waals surface area contributed by atoms with E-state index in [9.17, 15) is 9.90 Å². The smallest absolute Gasteiger partial charge is 0.247 e. The van der Waals surface area contributed by atoms with Gasteiger partial charge in [-0.2, -0.15) is 0 Å². The molecule has 16 heavy (non-hydrogen) atoms. The van der Waals surface area contributed by atoms with Crippen molar-refractivity contribution in [2.75, 3.05) is 0 Å². The summed E-state index contributed by atoms with van der Waals surface area (Å²) in [6.45, 7) is 3.87. The molecule has 0 spiro atoms. The van der Waals surface area contributed by atoms with Crippen LogP contribution in [0.15, 0.2) is 29.2 Å². The Morgan fingerprint density at radius 2 is 2.06 bits per heavy atom. The molecule has 0 aliphatic carbocycles. The molecule has 0 radical (unpaired) electrons. The summed E-state index contributed by atoms with van der Waals surface area (Å²) in [4.78, 5) is 12.2. The topological polar surface area (TPSA) is 75.3 Å². The quantitative estimate of drug-likeness (QED) is 0.323. The first-order chi connectivity index (χ1) is 7.56. The summed E-state index contributed by atoms with van der Waals surface area (Å²) in [5.74, 6) is 5.21. The molecular formula is C11H16N2O2S. The zero-order valence-corrected chi connectivity index (χ0v) is 10.1. The summed E-state index contributed by atoms with van der Waals surface area (Å²) in [7, 11) is 0. The lowest BCUT2D eigenvalue weighted by Crippen LogP contribution is -2.39. The van der Waals surface area contributed by atoms with Crippen LogP contribution in [0.25, 0.3) is 0 Å². The average molecular weight is 240 g/mol. The van der Waals surface area contributed by atoms with Gasteiger partial charge in [-0.3, -0.25) is 10.2 Å². The Morgan fingerprint density at radius 3 is 2.56 bits per heavy atom. The minimum atomic E-state index is -0.307. The molecule has 0 aliphatic heterocycles. The van der Waals surface area contributed by atoms with Crippen LogP contribution in [-0.2, 0) is 4.79 Å². The number of hydrogen-bond acceptors (Lipinski definition) is 4. The number of hydrogen-bond donors (Lipinski definition) is 3. The number of thioether (sulfide) groups is 1. The lowest BCUT2D eigenvalue weighted by atomic mass is 10.1. The first kappa shape index (κ1) is 12.9. The van der Waals surface area contributed by atoms with Crippen molar-refractivity contribution in [2.24, 2.45) is 11.8 Å². The number of aromatic hydroxyl groups is 1. The monoisotopic (exact) mass is 240 g/mol. The molecule has 88 valence electrons. The highest BCUT2D eigenvalue weighted by Crippen LogP contribution is 2.33. The number of hydrazine groups is 1. The number of phenols is 1. The molecule has 0 bridgehead atoms. The Balaban J connectivity index is 2.84. The number of benzene rings is 1. The molecule has 1 rings (SSSR count). The highest BCUT2D eigenvalue weighted by atomic mass is 32.2. The van der Waals surface area contributed by atoms with E-state index in [1.165, 1.54) is 11.8 Å². The van der Waals surface area contributed by atoms with E-state index in [1.54, 1.807) is 18.2 Å². The molecule has 0 fully saturated rings. The Hall–Kier alpha value is -1.20. The molecule has 1 aromatic rings. The maximum Gasteiger partial charge on any atom is 0.247 e. The Morgan fingerprint density at radius 1 is 1.44 bits per heavy atom. The third-order valence-corrected chi connectivity index (χ3v) is 3.74. The van der Waals surface area contributed by atoms with Crippen LogP contribution >= 0.6 is 11.8 Å². The molecule has 0 saturated carbocycles. The van der Waals surface area contributed by atoms with Crippen LogP contribution in [0.2, 0.25) is 0 Å². The highest BCUT2D eigenvalue weighted by molar-refractivity contribution is 8.00. The van der Waals surface area contributed by atoms with Crippen LogP contribution in [0.5, 0.6) is 5.75 Å². The van der Waals surface area contributed by atoms with Gasteiger partial charge in [-0.15, -0.1) is 11.8 Å². The van der Waals surface area contributed by atoms with Crippen LogP contribution in [-0.4, -0.2) is 16.3 Å². The SMILES string of the molecule is CC(C)C(Sc1ccccc1O)C(=O)NN. The van der Waals surface area contributed by atoms with E-state index < -0.39 is 0 Å². The predicted molar refractivity (Wildman–Crippen MR) is 64.9 cm³/mol. The number of nitrogens with two attached hydrogens (primary N) is 1. The molecule has 0 saturated heterocycles. The van der Waals surface area contributed by atoms with Gasteiger partial charge in [-0.1, -0.05) is 26.0 Å². The zero-order chi connectivity index (χ0) is 12.1. The highest BCUT2D eigenvalue weighted by Gasteiger charge is 2.23. The first-order valence-corrected chi connectivity index (χ1v) is 5.89. The lowest BCUT2D eigenvalue weighted by Gasteiger charge is -2.18. The van der Waals surface area contributed by atoms with Crippen LogP contribution in [0.3, 0.4) is 0 Å². The van der Waals surface area contributed by atoms with E-state index in [1.807, 2.05) is 19.9 Å². The number of rotatable bonds is 4. The van der Waals surface area contributed by atoms with Crippen molar-refractivity contribution in [1.29, 1.82) is 0 Å². The average Bonchev–Trinajstić information content (AvgIpc) is 2.26. The molecular weight excluding hydrogens is 224 g/mol. The van der Waals surface area contributed by atoms with Gasteiger partial charge in [0.25, 0.3) is 0 Å². The van der Waals surface area contributed by atoms with E-state index in [0.29, 0.717) is 4.90 Å². The van der Waals surface area contributed by atoms with Crippen molar-refractivity contribution in [1.82, 2.24) is 5.43 Å². The minimum absolute atomic E-state index is 0.133. The largest absolute Gasteiger partial charge is 0.507 e. The maximum atomic E-state index is 11.5. The predicted octanol–water partition coefficient (Wildman–Crippen LogP) is 1.50. The van der Waals surface area contributed by atoms with Crippen molar-refractivity contribution >= 4 is 17.7 Å². The molecule has 1 amide bonds. The second-order valence-electron chi connectivity index (χ2n) is 3.76. The van der Waals surface area contributed by atoms with Gasteiger partial charge in [0.15, 0.2) is 0 Å². The van der Waals surface area contributed by atoms with E-state index >= 15 is 0 Å². The van der Waals surface area contributed by atoms with Crippen molar-refractivity contribution in [2.45, 2.75) is 24.0 Å². The van der Waals surface area contributed by atoms with Gasteiger partial charge in [-0.25, -0.2) is 5.84 Å². The van der Waals surface area contributed by atoms with Gasteiger partial charge in [0.1, 0.15) is 5.75 Å². The van der Waals surface area contributed by atoms with Gasteiger partial charge in [0.2, 0.25) is 5.91 Å². The number of carbonyl (C=O) groups is 1. The second-order valence-corrected chi connectivity index (χ2v) is 4.94. The molecule has 4 nitrogen and oxygen atoms in total. The Bertz CT molecular complexity index is 369. The van der Waals surface area contributed by atoms with Crippen LogP contribution in [0, 0.1) is 5.92 Å². The molecule has 0 heterocycles. The molecule has 0 aromatic heterocycles. The van der Waals surface area contributed by atoms with Gasteiger partial charge < -0.3 is 5.11 Å². The van der Waals surface area contributed by atoms with Crippen LogP contribution in [0.1, 0.15) is 13.8 Å². The second kappa shape index (κ2) is 5.77. The summed E-state index contributed by atoms with van der Waals surface area (Å²) in [6.07, 6.45) is 0. The number of phenolic OH excluding ortho intramolecular Hbond substituents is 1. The number of nitrogens with one attached hydrogen (secondary N) is 1. The van der Waals surface area contributed by atoms with E-state index in [0.717, 1.165) is 0 Å². The van der Waals surface area contributed by atoms with Crippen molar-refractivity contribution in [3.63, 3.8) is 0 Å². The number of amides is 1. The fourth-order valence-corrected chi connectivity index (χ4v) is 2.33. The normalized spacial score (nSPS) is 12.5. The van der Waals surface area contributed by atoms with Crippen molar-refractivity contribution < 1.29 is 9.90 Å². The number of carbonyl (C=O) groups excluding carboxylic acids is 1. The molecule has 1 unspecified atom stereocenters. The van der Waals surface area contributed by atoms with Gasteiger partial charge in [-0.05, 0) is 18.1 Å². The van der Waals surface area contributed by atoms with E-state index in [2.05, 4.69) is 5.43 Å². The maximum absolute atomic E-state index is 11.5. The van der Waals surface area contributed by atoms with E-state index in [-0.39, 0.29) is 22.8 Å². The minimum Gasteiger partial charge on any atom is -0.507 e. The Kier molecular flexibility index (Phi) is 4.64. The van der Waals surface area contributed by atoms with Crippen molar-refractivity contribution in [3.05, 3.63) is 24.3 Å². The lowest BCUT2D eigenvalue weighted by molar-refractivity contribution is -0.121. The summed E-state index contributed by atoms with van der Waals surface area (Å²) >= 11 is 1.31. The van der Waals surface area contributed by atoms with Gasteiger partial charge in [0, 0.05) is 4.90 Å². The van der Waals surface area contributed by atoms with Crippen molar-refractivity contribution in [3.8, 4) is 5.75 Å². The first-order valence-electron chi connectivity index (χ1n) is 5.01. The summed E-state index contributed by atoms with van der Waals surface area (Å²) in [6, 6.07) is 6.94. The fourth-order valence-electron chi connectivity index (χ4n) is 1.27. The molecule has 1 atom stereocenters. The fraction of sp³-hybridized carbons (Fsp3) is 0.364. The molecule has 5 heteroatoms. The molecule has 1 aromatic carbocycles. The standard InChI is InChI=1S/C11H16N2O2S/c1-7(2)10(11(15)13-12)16-9-6-4-3-5-8(9)14/h3-7,10,14H,12H2,1-2H3,(H,13,15). The molecule has 0 aliphatic rings.